The molecule has 2 nitrogen and oxygen atoms in total. The molecule has 0 fully saturated rings. The number of rotatable bonds is 3. The highest BCUT2D eigenvalue weighted by molar-refractivity contribution is 9.10. The topological polar surface area (TPSA) is 24.1 Å². The minimum Gasteiger partial charge on any atom is -0.314 e. The second kappa shape index (κ2) is 5.30. The summed E-state index contributed by atoms with van der Waals surface area (Å²) in [6, 6.07) is 7.16. The standard InChI is InChI=1S/C13H19BrN2/c1-9(2)16-8-11-7-15-6-10-3-4-12(14)5-13(10)11/h3-5,9,11,15-16H,6-8H2,1-2H3. The third-order valence-corrected chi connectivity index (χ3v) is 3.52. The molecule has 16 heavy (non-hydrogen) atoms. The van der Waals surface area contributed by atoms with Gasteiger partial charge in [0.05, 0.1) is 0 Å². The van der Waals surface area contributed by atoms with E-state index >= 15 is 0 Å². The van der Waals surface area contributed by atoms with E-state index in [2.05, 4.69) is 58.6 Å². The Morgan fingerprint density at radius 2 is 2.31 bits per heavy atom. The summed E-state index contributed by atoms with van der Waals surface area (Å²) in [5.41, 5.74) is 2.92. The van der Waals surface area contributed by atoms with Crippen molar-refractivity contribution in [3.05, 3.63) is 33.8 Å². The van der Waals surface area contributed by atoms with E-state index < -0.39 is 0 Å². The molecule has 2 rings (SSSR count). The SMILES string of the molecule is CC(C)NCC1CNCc2ccc(Br)cc21. The molecule has 1 aliphatic heterocycles. The first-order valence-electron chi connectivity index (χ1n) is 5.89. The van der Waals surface area contributed by atoms with Crippen molar-refractivity contribution in [2.75, 3.05) is 13.1 Å². The average Bonchev–Trinajstić information content (AvgIpc) is 2.26. The van der Waals surface area contributed by atoms with E-state index in [0.717, 1.165) is 19.6 Å². The van der Waals surface area contributed by atoms with Gasteiger partial charge in [-0.05, 0) is 23.3 Å². The van der Waals surface area contributed by atoms with E-state index in [1.54, 1.807) is 0 Å². The summed E-state index contributed by atoms with van der Waals surface area (Å²) in [5.74, 6) is 0.587. The van der Waals surface area contributed by atoms with E-state index in [4.69, 9.17) is 0 Å². The number of hydrogen-bond acceptors (Lipinski definition) is 2. The smallest absolute Gasteiger partial charge is 0.0208 e. The molecule has 0 saturated heterocycles. The first-order chi connectivity index (χ1) is 7.66. The fraction of sp³-hybridized carbons (Fsp3) is 0.538. The van der Waals surface area contributed by atoms with Gasteiger partial charge in [0.15, 0.2) is 0 Å². The Bertz CT molecular complexity index is 363. The fourth-order valence-corrected chi connectivity index (χ4v) is 2.54. The van der Waals surface area contributed by atoms with Crippen molar-refractivity contribution in [2.24, 2.45) is 0 Å². The molecule has 0 saturated carbocycles. The summed E-state index contributed by atoms with van der Waals surface area (Å²) in [4.78, 5) is 0. The Balaban J connectivity index is 2.15. The number of hydrogen-bond donors (Lipinski definition) is 2. The maximum absolute atomic E-state index is 3.56. The van der Waals surface area contributed by atoms with E-state index in [0.29, 0.717) is 12.0 Å². The fourth-order valence-electron chi connectivity index (χ4n) is 2.16. The first kappa shape index (κ1) is 12.1. The van der Waals surface area contributed by atoms with E-state index in [1.165, 1.54) is 15.6 Å². The van der Waals surface area contributed by atoms with Crippen LogP contribution in [-0.2, 0) is 6.54 Å². The molecule has 0 radical (unpaired) electrons. The summed E-state index contributed by atoms with van der Waals surface area (Å²) in [6.07, 6.45) is 0. The molecule has 1 aliphatic rings. The lowest BCUT2D eigenvalue weighted by Crippen LogP contribution is -2.36. The van der Waals surface area contributed by atoms with Crippen molar-refractivity contribution in [3.8, 4) is 0 Å². The van der Waals surface area contributed by atoms with Gasteiger partial charge >= 0.3 is 0 Å². The minimum absolute atomic E-state index is 0.553. The van der Waals surface area contributed by atoms with Gasteiger partial charge in [-0.1, -0.05) is 35.8 Å². The van der Waals surface area contributed by atoms with Gasteiger partial charge < -0.3 is 10.6 Å². The molecule has 0 amide bonds. The zero-order valence-electron chi connectivity index (χ0n) is 9.89. The number of nitrogens with one attached hydrogen (secondary N) is 2. The molecule has 1 aromatic carbocycles. The second-order valence-corrected chi connectivity index (χ2v) is 5.65. The number of halogens is 1. The van der Waals surface area contributed by atoms with Crippen molar-refractivity contribution in [1.29, 1.82) is 0 Å². The maximum atomic E-state index is 3.56. The molecule has 0 aromatic heterocycles. The lowest BCUT2D eigenvalue weighted by Gasteiger charge is -2.27. The number of fused-ring (bicyclic) bond motifs is 1. The van der Waals surface area contributed by atoms with Gasteiger partial charge in [0.25, 0.3) is 0 Å². The largest absolute Gasteiger partial charge is 0.314 e. The molecule has 0 bridgehead atoms. The van der Waals surface area contributed by atoms with Crippen LogP contribution in [0, 0.1) is 0 Å². The van der Waals surface area contributed by atoms with Gasteiger partial charge in [-0.15, -0.1) is 0 Å². The van der Waals surface area contributed by atoms with Crippen LogP contribution in [-0.4, -0.2) is 19.1 Å². The quantitative estimate of drug-likeness (QED) is 0.891. The molecule has 1 heterocycles. The molecule has 1 atom stereocenters. The molecule has 88 valence electrons. The predicted octanol–water partition coefficient (Wildman–Crippen LogP) is 2.63. The van der Waals surface area contributed by atoms with Crippen LogP contribution in [0.1, 0.15) is 30.9 Å². The molecular formula is C13H19BrN2. The average molecular weight is 283 g/mol. The highest BCUT2D eigenvalue weighted by Crippen LogP contribution is 2.26. The molecular weight excluding hydrogens is 264 g/mol. The summed E-state index contributed by atoms with van der Waals surface area (Å²) in [7, 11) is 0. The molecule has 2 N–H and O–H groups in total. The van der Waals surface area contributed by atoms with Crippen LogP contribution in [0.3, 0.4) is 0 Å². The van der Waals surface area contributed by atoms with Crippen molar-refractivity contribution < 1.29 is 0 Å². The van der Waals surface area contributed by atoms with Crippen LogP contribution in [0.15, 0.2) is 22.7 Å². The Hall–Kier alpha value is -0.380. The predicted molar refractivity (Wildman–Crippen MR) is 71.7 cm³/mol. The minimum atomic E-state index is 0.553. The van der Waals surface area contributed by atoms with Gasteiger partial charge in [-0.25, -0.2) is 0 Å². The van der Waals surface area contributed by atoms with Gasteiger partial charge in [-0.2, -0.15) is 0 Å². The second-order valence-electron chi connectivity index (χ2n) is 4.73. The molecule has 1 unspecified atom stereocenters. The zero-order valence-corrected chi connectivity index (χ0v) is 11.5. The van der Waals surface area contributed by atoms with Gasteiger partial charge in [-0.3, -0.25) is 0 Å². The van der Waals surface area contributed by atoms with Crippen molar-refractivity contribution in [3.63, 3.8) is 0 Å². The summed E-state index contributed by atoms with van der Waals surface area (Å²) in [6.45, 7) is 7.51. The normalized spacial score (nSPS) is 19.9. The van der Waals surface area contributed by atoms with Gasteiger partial charge in [0.1, 0.15) is 0 Å². The summed E-state index contributed by atoms with van der Waals surface area (Å²) in [5, 5.41) is 7.00. The summed E-state index contributed by atoms with van der Waals surface area (Å²) >= 11 is 3.56. The van der Waals surface area contributed by atoms with Gasteiger partial charge in [0, 0.05) is 36.1 Å². The van der Waals surface area contributed by atoms with Crippen LogP contribution in [0.5, 0.6) is 0 Å². The maximum Gasteiger partial charge on any atom is 0.0208 e. The Labute approximate surface area is 106 Å². The number of benzene rings is 1. The van der Waals surface area contributed by atoms with E-state index in [1.807, 2.05) is 0 Å². The van der Waals surface area contributed by atoms with Crippen LogP contribution in [0.25, 0.3) is 0 Å². The Morgan fingerprint density at radius 3 is 3.06 bits per heavy atom. The Kier molecular flexibility index (Phi) is 4.00. The highest BCUT2D eigenvalue weighted by atomic mass is 79.9. The Morgan fingerprint density at radius 1 is 1.50 bits per heavy atom. The van der Waals surface area contributed by atoms with Crippen molar-refractivity contribution >= 4 is 15.9 Å². The van der Waals surface area contributed by atoms with Crippen LogP contribution in [0.2, 0.25) is 0 Å². The van der Waals surface area contributed by atoms with Crippen LogP contribution >= 0.6 is 15.9 Å². The van der Waals surface area contributed by atoms with Gasteiger partial charge in [0.2, 0.25) is 0 Å². The monoisotopic (exact) mass is 282 g/mol. The highest BCUT2D eigenvalue weighted by Gasteiger charge is 2.19. The van der Waals surface area contributed by atoms with Crippen molar-refractivity contribution in [1.82, 2.24) is 10.6 Å². The first-order valence-corrected chi connectivity index (χ1v) is 6.68. The van der Waals surface area contributed by atoms with Crippen LogP contribution in [0.4, 0.5) is 0 Å². The zero-order chi connectivity index (χ0) is 11.5. The van der Waals surface area contributed by atoms with E-state index in [-0.39, 0.29) is 0 Å². The lowest BCUT2D eigenvalue weighted by molar-refractivity contribution is 0.478. The van der Waals surface area contributed by atoms with Crippen molar-refractivity contribution in [2.45, 2.75) is 32.4 Å². The third kappa shape index (κ3) is 2.84. The van der Waals surface area contributed by atoms with E-state index in [9.17, 15) is 0 Å². The molecule has 0 aliphatic carbocycles. The van der Waals surface area contributed by atoms with Crippen LogP contribution < -0.4 is 10.6 Å². The lowest BCUT2D eigenvalue weighted by atomic mass is 9.91. The summed E-state index contributed by atoms with van der Waals surface area (Å²) < 4.78 is 1.18. The molecule has 0 spiro atoms. The molecule has 3 heteroatoms. The third-order valence-electron chi connectivity index (χ3n) is 3.03. The molecule has 1 aromatic rings.